The van der Waals surface area contributed by atoms with E-state index >= 15 is 0 Å². The molecule has 0 radical (unpaired) electrons. The van der Waals surface area contributed by atoms with Crippen molar-refractivity contribution in [1.29, 1.82) is 0 Å². The van der Waals surface area contributed by atoms with E-state index in [2.05, 4.69) is 0 Å². The van der Waals surface area contributed by atoms with E-state index in [9.17, 15) is 28.1 Å². The maximum atomic E-state index is 12.7. The molecule has 0 aliphatic rings. The highest BCUT2D eigenvalue weighted by molar-refractivity contribution is 5.95. The highest BCUT2D eigenvalue weighted by Gasteiger charge is 2.30. The summed E-state index contributed by atoms with van der Waals surface area (Å²) in [4.78, 5) is 21.5. The number of hydrogen-bond acceptors (Lipinski definition) is 4. The molecule has 0 saturated heterocycles. The van der Waals surface area contributed by atoms with Gasteiger partial charge in [-0.2, -0.15) is 13.2 Å². The number of hydrogen-bond donors (Lipinski definition) is 0. The van der Waals surface area contributed by atoms with E-state index in [1.165, 1.54) is 25.1 Å². The Bertz CT molecular complexity index is 772. The Morgan fingerprint density at radius 3 is 2.43 bits per heavy atom. The zero-order valence-corrected chi connectivity index (χ0v) is 11.8. The Balaban J connectivity index is 2.40. The van der Waals surface area contributed by atoms with E-state index in [0.29, 0.717) is 0 Å². The first-order chi connectivity index (χ1) is 10.7. The number of benzene rings is 2. The molecule has 0 fully saturated rings. The molecule has 0 heterocycles. The summed E-state index contributed by atoms with van der Waals surface area (Å²) in [7, 11) is 0. The van der Waals surface area contributed by atoms with E-state index in [-0.39, 0.29) is 22.8 Å². The molecule has 2 aromatic carbocycles. The van der Waals surface area contributed by atoms with Crippen molar-refractivity contribution in [3.63, 3.8) is 0 Å². The van der Waals surface area contributed by atoms with Gasteiger partial charge in [0.1, 0.15) is 5.75 Å². The van der Waals surface area contributed by atoms with Crippen molar-refractivity contribution in [2.75, 3.05) is 0 Å². The van der Waals surface area contributed by atoms with Gasteiger partial charge in [0.15, 0.2) is 5.78 Å². The van der Waals surface area contributed by atoms with Crippen LogP contribution in [0.5, 0.6) is 11.5 Å². The van der Waals surface area contributed by atoms with Gasteiger partial charge in [-0.25, -0.2) is 0 Å². The highest BCUT2D eigenvalue weighted by atomic mass is 19.4. The topological polar surface area (TPSA) is 69.4 Å². The van der Waals surface area contributed by atoms with E-state index in [4.69, 9.17) is 4.74 Å². The number of nitro groups is 1. The minimum absolute atomic E-state index is 0.105. The van der Waals surface area contributed by atoms with Crippen LogP contribution in [0.15, 0.2) is 42.5 Å². The quantitative estimate of drug-likeness (QED) is 0.468. The average Bonchev–Trinajstić information content (AvgIpc) is 2.46. The van der Waals surface area contributed by atoms with Gasteiger partial charge >= 0.3 is 11.9 Å². The molecule has 8 heteroatoms. The number of Topliss-reactive ketones (excluding diaryl/α,β-unsaturated/α-hetero) is 1. The van der Waals surface area contributed by atoms with Gasteiger partial charge in [-0.15, -0.1) is 0 Å². The van der Waals surface area contributed by atoms with E-state index in [1.807, 2.05) is 0 Å². The Kier molecular flexibility index (Phi) is 4.35. The molecule has 0 saturated carbocycles. The van der Waals surface area contributed by atoms with Crippen molar-refractivity contribution in [2.24, 2.45) is 0 Å². The minimum Gasteiger partial charge on any atom is -0.450 e. The zero-order chi connectivity index (χ0) is 17.2. The third kappa shape index (κ3) is 3.85. The number of nitrogens with zero attached hydrogens (tertiary/aromatic N) is 1. The molecule has 23 heavy (non-hydrogen) atoms. The van der Waals surface area contributed by atoms with E-state index in [1.54, 1.807) is 0 Å². The third-order valence-corrected chi connectivity index (χ3v) is 2.95. The maximum absolute atomic E-state index is 12.7. The molecule has 0 aromatic heterocycles. The number of alkyl halides is 3. The molecule has 2 aromatic rings. The fraction of sp³-hybridized carbons (Fsp3) is 0.133. The van der Waals surface area contributed by atoms with Crippen molar-refractivity contribution in [1.82, 2.24) is 0 Å². The van der Waals surface area contributed by atoms with E-state index < -0.39 is 22.4 Å². The standard InChI is InChI=1S/C15H10F3NO4/c1-9(20)10-5-6-14(13(7-10)19(21)22)23-12-4-2-3-11(8-12)15(16,17)18/h2-8H,1H3. The van der Waals surface area contributed by atoms with Gasteiger partial charge in [0, 0.05) is 11.6 Å². The Morgan fingerprint density at radius 2 is 1.87 bits per heavy atom. The van der Waals surface area contributed by atoms with Crippen molar-refractivity contribution in [2.45, 2.75) is 13.1 Å². The summed E-state index contributed by atoms with van der Waals surface area (Å²) in [5.74, 6) is -0.823. The summed E-state index contributed by atoms with van der Waals surface area (Å²) < 4.78 is 43.2. The summed E-state index contributed by atoms with van der Waals surface area (Å²) in [6.07, 6.45) is -4.55. The van der Waals surface area contributed by atoms with Gasteiger partial charge < -0.3 is 4.74 Å². The lowest BCUT2D eigenvalue weighted by Gasteiger charge is -2.10. The number of nitro benzene ring substituents is 1. The van der Waals surface area contributed by atoms with Crippen LogP contribution in [0, 0.1) is 10.1 Å². The monoisotopic (exact) mass is 325 g/mol. The highest BCUT2D eigenvalue weighted by Crippen LogP contribution is 2.35. The zero-order valence-electron chi connectivity index (χ0n) is 11.8. The number of halogens is 3. The lowest BCUT2D eigenvalue weighted by atomic mass is 10.1. The second-order valence-corrected chi connectivity index (χ2v) is 4.62. The first-order valence-corrected chi connectivity index (χ1v) is 6.33. The lowest BCUT2D eigenvalue weighted by Crippen LogP contribution is -2.04. The SMILES string of the molecule is CC(=O)c1ccc(Oc2cccc(C(F)(F)F)c2)c([N+](=O)[O-])c1. The summed E-state index contributed by atoms with van der Waals surface area (Å²) in [5.41, 5.74) is -1.33. The first kappa shape index (κ1) is 16.5. The maximum Gasteiger partial charge on any atom is 0.416 e. The molecule has 120 valence electrons. The van der Waals surface area contributed by atoms with Crippen LogP contribution >= 0.6 is 0 Å². The molecule has 0 bridgehead atoms. The van der Waals surface area contributed by atoms with Crippen LogP contribution in [-0.4, -0.2) is 10.7 Å². The van der Waals surface area contributed by atoms with Crippen LogP contribution < -0.4 is 4.74 Å². The third-order valence-electron chi connectivity index (χ3n) is 2.95. The Hall–Kier alpha value is -2.90. The molecule has 5 nitrogen and oxygen atoms in total. The van der Waals surface area contributed by atoms with Gasteiger partial charge in [0.05, 0.1) is 10.5 Å². The summed E-state index contributed by atoms with van der Waals surface area (Å²) in [5, 5.41) is 11.0. The molecular formula is C15H10F3NO4. The normalized spacial score (nSPS) is 11.1. The van der Waals surface area contributed by atoms with Gasteiger partial charge in [0.25, 0.3) is 0 Å². The van der Waals surface area contributed by atoms with Crippen molar-refractivity contribution in [3.05, 3.63) is 63.7 Å². The van der Waals surface area contributed by atoms with Gasteiger partial charge in [-0.05, 0) is 37.3 Å². The smallest absolute Gasteiger partial charge is 0.416 e. The first-order valence-electron chi connectivity index (χ1n) is 6.33. The van der Waals surface area contributed by atoms with Crippen molar-refractivity contribution in [3.8, 4) is 11.5 Å². The predicted octanol–water partition coefficient (Wildman–Crippen LogP) is 4.61. The molecule has 0 spiro atoms. The number of carbonyl (C=O) groups excluding carboxylic acids is 1. The molecule has 0 amide bonds. The molecular weight excluding hydrogens is 315 g/mol. The molecule has 2 rings (SSSR count). The number of ketones is 1. The van der Waals surface area contributed by atoms with Crippen LogP contribution in [-0.2, 0) is 6.18 Å². The molecule has 0 aliphatic carbocycles. The average molecular weight is 325 g/mol. The van der Waals surface area contributed by atoms with Crippen LogP contribution in [0.25, 0.3) is 0 Å². The molecule has 0 atom stereocenters. The predicted molar refractivity (Wildman–Crippen MR) is 74.6 cm³/mol. The minimum atomic E-state index is -4.55. The van der Waals surface area contributed by atoms with Crippen molar-refractivity contribution < 1.29 is 27.6 Å². The molecule has 0 N–H and O–H groups in total. The van der Waals surface area contributed by atoms with Crippen LogP contribution in [0.1, 0.15) is 22.8 Å². The second kappa shape index (κ2) is 6.07. The number of rotatable bonds is 4. The fourth-order valence-electron chi connectivity index (χ4n) is 1.83. The molecule has 0 aliphatic heterocycles. The Morgan fingerprint density at radius 1 is 1.17 bits per heavy atom. The van der Waals surface area contributed by atoms with Crippen LogP contribution in [0.4, 0.5) is 18.9 Å². The van der Waals surface area contributed by atoms with Crippen LogP contribution in [0.3, 0.4) is 0 Å². The van der Waals surface area contributed by atoms with Gasteiger partial charge in [-0.3, -0.25) is 14.9 Å². The largest absolute Gasteiger partial charge is 0.450 e. The summed E-state index contributed by atoms with van der Waals surface area (Å²) in [6.45, 7) is 1.24. The molecule has 0 unspecified atom stereocenters. The summed E-state index contributed by atoms with van der Waals surface area (Å²) >= 11 is 0. The fourth-order valence-corrected chi connectivity index (χ4v) is 1.83. The van der Waals surface area contributed by atoms with Gasteiger partial charge in [0.2, 0.25) is 5.75 Å². The summed E-state index contributed by atoms with van der Waals surface area (Å²) in [6, 6.07) is 7.48. The number of ether oxygens (including phenoxy) is 1. The Labute approximate surface area is 128 Å². The van der Waals surface area contributed by atoms with Crippen LogP contribution in [0.2, 0.25) is 0 Å². The second-order valence-electron chi connectivity index (χ2n) is 4.62. The van der Waals surface area contributed by atoms with Gasteiger partial charge in [-0.1, -0.05) is 6.07 Å². The van der Waals surface area contributed by atoms with Crippen molar-refractivity contribution >= 4 is 11.5 Å². The number of carbonyl (C=O) groups is 1. The lowest BCUT2D eigenvalue weighted by molar-refractivity contribution is -0.385. The van der Waals surface area contributed by atoms with E-state index in [0.717, 1.165) is 24.3 Å².